The molecule has 0 aromatic carbocycles. The summed E-state index contributed by atoms with van der Waals surface area (Å²) in [5.74, 6) is 0.167. The van der Waals surface area contributed by atoms with Gasteiger partial charge < -0.3 is 9.80 Å². The molecule has 1 aromatic heterocycles. The summed E-state index contributed by atoms with van der Waals surface area (Å²) in [5.41, 5.74) is 0. The molecule has 1 aromatic rings. The van der Waals surface area contributed by atoms with Crippen molar-refractivity contribution in [2.24, 2.45) is 11.8 Å². The number of rotatable bonds is 4. The number of nitrogens with zero attached hydrogens (tertiary/aromatic N) is 3. The molecule has 1 aliphatic carbocycles. The molecule has 1 atom stereocenters. The SMILES string of the molecule is O=C(C1CCC1)N1CCN(C(=O)C2CCCN(S(=O)(=O)c3cccs3)C2)CC1. The average molecular weight is 426 g/mol. The molecule has 7 nitrogen and oxygen atoms in total. The van der Waals surface area contributed by atoms with Crippen LogP contribution in [0.15, 0.2) is 21.7 Å². The normalized spacial score (nSPS) is 24.8. The van der Waals surface area contributed by atoms with Crippen LogP contribution < -0.4 is 0 Å². The predicted molar refractivity (Wildman–Crippen MR) is 106 cm³/mol. The van der Waals surface area contributed by atoms with Crippen LogP contribution in [0.25, 0.3) is 0 Å². The van der Waals surface area contributed by atoms with Crippen LogP contribution in [0.5, 0.6) is 0 Å². The van der Waals surface area contributed by atoms with Gasteiger partial charge in [-0.05, 0) is 37.1 Å². The van der Waals surface area contributed by atoms with Crippen molar-refractivity contribution in [3.8, 4) is 0 Å². The molecule has 28 heavy (non-hydrogen) atoms. The van der Waals surface area contributed by atoms with E-state index in [4.69, 9.17) is 0 Å². The molecule has 1 unspecified atom stereocenters. The highest BCUT2D eigenvalue weighted by molar-refractivity contribution is 7.91. The molecule has 154 valence electrons. The molecule has 3 aliphatic rings. The monoisotopic (exact) mass is 425 g/mol. The van der Waals surface area contributed by atoms with Gasteiger partial charge in [0, 0.05) is 45.2 Å². The Balaban J connectivity index is 1.34. The highest BCUT2D eigenvalue weighted by Gasteiger charge is 2.37. The number of sulfonamides is 1. The van der Waals surface area contributed by atoms with Crippen molar-refractivity contribution in [1.29, 1.82) is 0 Å². The zero-order chi connectivity index (χ0) is 19.7. The topological polar surface area (TPSA) is 78.0 Å². The number of piperidine rings is 1. The van der Waals surface area contributed by atoms with Crippen LogP contribution in [-0.4, -0.2) is 73.6 Å². The molecule has 2 saturated heterocycles. The first-order chi connectivity index (χ1) is 13.5. The lowest BCUT2D eigenvalue weighted by Crippen LogP contribution is -2.55. The van der Waals surface area contributed by atoms with Gasteiger partial charge in [-0.2, -0.15) is 4.31 Å². The van der Waals surface area contributed by atoms with Gasteiger partial charge in [0.25, 0.3) is 10.0 Å². The van der Waals surface area contributed by atoms with E-state index in [1.807, 2.05) is 9.80 Å². The Kier molecular flexibility index (Phi) is 5.76. The number of hydrogen-bond acceptors (Lipinski definition) is 5. The summed E-state index contributed by atoms with van der Waals surface area (Å²) in [7, 11) is -3.51. The van der Waals surface area contributed by atoms with Gasteiger partial charge >= 0.3 is 0 Å². The van der Waals surface area contributed by atoms with Gasteiger partial charge in [0.2, 0.25) is 11.8 Å². The van der Waals surface area contributed by atoms with Crippen molar-refractivity contribution >= 4 is 33.2 Å². The number of carbonyl (C=O) groups is 2. The standard InChI is InChI=1S/C19H27N3O4S2/c23-18(15-4-1-5-15)20-9-11-21(12-10-20)19(24)16-6-2-8-22(14-16)28(25,26)17-7-3-13-27-17/h3,7,13,15-16H,1-2,4-6,8-12,14H2. The van der Waals surface area contributed by atoms with E-state index in [9.17, 15) is 18.0 Å². The highest BCUT2D eigenvalue weighted by atomic mass is 32.2. The lowest BCUT2D eigenvalue weighted by Gasteiger charge is -2.40. The number of hydrogen-bond donors (Lipinski definition) is 0. The van der Waals surface area contributed by atoms with Crippen molar-refractivity contribution in [2.75, 3.05) is 39.3 Å². The fourth-order valence-electron chi connectivity index (χ4n) is 4.22. The van der Waals surface area contributed by atoms with Crippen molar-refractivity contribution in [2.45, 2.75) is 36.3 Å². The van der Waals surface area contributed by atoms with E-state index >= 15 is 0 Å². The van der Waals surface area contributed by atoms with Gasteiger partial charge in [-0.3, -0.25) is 9.59 Å². The van der Waals surface area contributed by atoms with Crippen molar-refractivity contribution < 1.29 is 18.0 Å². The van der Waals surface area contributed by atoms with E-state index in [0.29, 0.717) is 43.4 Å². The van der Waals surface area contributed by atoms with E-state index in [-0.39, 0.29) is 30.2 Å². The Morgan fingerprint density at radius 3 is 2.04 bits per heavy atom. The minimum Gasteiger partial charge on any atom is -0.339 e. The fraction of sp³-hybridized carbons (Fsp3) is 0.684. The van der Waals surface area contributed by atoms with Crippen LogP contribution in [0.3, 0.4) is 0 Å². The largest absolute Gasteiger partial charge is 0.339 e. The Bertz CT molecular complexity index is 812. The minimum absolute atomic E-state index is 0.0295. The molecule has 9 heteroatoms. The van der Waals surface area contributed by atoms with E-state index < -0.39 is 10.0 Å². The van der Waals surface area contributed by atoms with E-state index in [1.54, 1.807) is 17.5 Å². The van der Waals surface area contributed by atoms with Crippen LogP contribution in [-0.2, 0) is 19.6 Å². The first-order valence-corrected chi connectivity index (χ1v) is 12.4. The van der Waals surface area contributed by atoms with E-state index in [1.165, 1.54) is 15.6 Å². The molecular weight excluding hydrogens is 398 g/mol. The van der Waals surface area contributed by atoms with Crippen molar-refractivity contribution in [3.63, 3.8) is 0 Å². The predicted octanol–water partition coefficient (Wildman–Crippen LogP) is 1.62. The summed E-state index contributed by atoms with van der Waals surface area (Å²) in [5, 5.41) is 1.75. The second-order valence-corrected chi connectivity index (χ2v) is 11.0. The van der Waals surface area contributed by atoms with Gasteiger partial charge in [-0.1, -0.05) is 12.5 Å². The second-order valence-electron chi connectivity index (χ2n) is 7.91. The molecule has 0 bridgehead atoms. The lowest BCUT2D eigenvalue weighted by molar-refractivity contribution is -0.146. The molecule has 0 N–H and O–H groups in total. The summed E-state index contributed by atoms with van der Waals surface area (Å²) in [6.45, 7) is 2.99. The Morgan fingerprint density at radius 2 is 1.50 bits per heavy atom. The molecule has 4 rings (SSSR count). The number of carbonyl (C=O) groups excluding carboxylic acids is 2. The van der Waals surface area contributed by atoms with Crippen molar-refractivity contribution in [3.05, 3.63) is 17.5 Å². The molecular formula is C19H27N3O4S2. The first-order valence-electron chi connectivity index (χ1n) is 10.1. The molecule has 2 amide bonds. The van der Waals surface area contributed by atoms with Crippen LogP contribution in [0.1, 0.15) is 32.1 Å². The van der Waals surface area contributed by atoms with Gasteiger partial charge in [-0.25, -0.2) is 8.42 Å². The minimum atomic E-state index is -3.51. The van der Waals surface area contributed by atoms with E-state index in [2.05, 4.69) is 0 Å². The van der Waals surface area contributed by atoms with E-state index in [0.717, 1.165) is 25.7 Å². The number of thiophene rings is 1. The zero-order valence-corrected chi connectivity index (χ0v) is 17.6. The zero-order valence-electron chi connectivity index (χ0n) is 16.0. The maximum Gasteiger partial charge on any atom is 0.252 e. The molecule has 3 heterocycles. The van der Waals surface area contributed by atoms with Gasteiger partial charge in [0.1, 0.15) is 4.21 Å². The summed E-state index contributed by atoms with van der Waals surface area (Å²) in [4.78, 5) is 29.1. The van der Waals surface area contributed by atoms with Gasteiger partial charge in [0.05, 0.1) is 5.92 Å². The Morgan fingerprint density at radius 1 is 0.893 bits per heavy atom. The van der Waals surface area contributed by atoms with Crippen LogP contribution >= 0.6 is 11.3 Å². The molecule has 1 saturated carbocycles. The van der Waals surface area contributed by atoms with Crippen molar-refractivity contribution in [1.82, 2.24) is 14.1 Å². The number of piperazine rings is 1. The third kappa shape index (κ3) is 3.84. The maximum absolute atomic E-state index is 13.0. The molecule has 0 radical (unpaired) electrons. The Labute approximate surface area is 170 Å². The molecule has 3 fully saturated rings. The fourth-order valence-corrected chi connectivity index (χ4v) is 6.89. The highest BCUT2D eigenvalue weighted by Crippen LogP contribution is 2.30. The van der Waals surface area contributed by atoms with Crippen LogP contribution in [0, 0.1) is 11.8 Å². The second kappa shape index (κ2) is 8.12. The Hall–Kier alpha value is -1.45. The molecule has 0 spiro atoms. The smallest absolute Gasteiger partial charge is 0.252 e. The summed E-state index contributed by atoms with van der Waals surface area (Å²) in [6.07, 6.45) is 4.54. The maximum atomic E-state index is 13.0. The van der Waals surface area contributed by atoms with Gasteiger partial charge in [0.15, 0.2) is 0 Å². The third-order valence-electron chi connectivity index (χ3n) is 6.18. The molecule has 2 aliphatic heterocycles. The third-order valence-corrected chi connectivity index (χ3v) is 9.42. The lowest BCUT2D eigenvalue weighted by atomic mass is 9.84. The quantitative estimate of drug-likeness (QED) is 0.734. The summed E-state index contributed by atoms with van der Waals surface area (Å²) >= 11 is 1.21. The van der Waals surface area contributed by atoms with Gasteiger partial charge in [-0.15, -0.1) is 11.3 Å². The average Bonchev–Trinajstić information content (AvgIpc) is 3.22. The first kappa shape index (κ1) is 19.8. The van der Waals surface area contributed by atoms with Crippen LogP contribution in [0.4, 0.5) is 0 Å². The number of amides is 2. The summed E-state index contributed by atoms with van der Waals surface area (Å²) in [6, 6.07) is 3.35. The summed E-state index contributed by atoms with van der Waals surface area (Å²) < 4.78 is 27.3. The van der Waals surface area contributed by atoms with Crippen LogP contribution in [0.2, 0.25) is 0 Å².